The fraction of sp³-hybridized carbons (Fsp3) is 0.308. The Morgan fingerprint density at radius 3 is 3.00 bits per heavy atom. The lowest BCUT2D eigenvalue weighted by molar-refractivity contribution is 0.408. The third-order valence-corrected chi connectivity index (χ3v) is 2.81. The molecule has 1 aromatic carbocycles. The highest BCUT2D eigenvalue weighted by Crippen LogP contribution is 2.35. The average molecular weight is 199 g/mol. The topological polar surface area (TPSA) is 33.0 Å². The second-order valence-electron chi connectivity index (χ2n) is 3.64. The van der Waals surface area contributed by atoms with Crippen LogP contribution in [0, 0.1) is 11.3 Å². The van der Waals surface area contributed by atoms with Gasteiger partial charge in [-0.15, -0.1) is 0 Å². The Bertz CT molecular complexity index is 440. The lowest BCUT2D eigenvalue weighted by atomic mass is 9.87. The molecule has 0 N–H and O–H groups in total. The van der Waals surface area contributed by atoms with Crippen LogP contribution in [0.2, 0.25) is 0 Å². The number of allylic oxidation sites excluding steroid dienone is 2. The summed E-state index contributed by atoms with van der Waals surface area (Å²) in [5.74, 6) is 0.941. The Balaban J connectivity index is 2.54. The summed E-state index contributed by atoms with van der Waals surface area (Å²) in [5, 5.41) is 8.71. The van der Waals surface area contributed by atoms with E-state index in [4.69, 9.17) is 10.00 Å². The van der Waals surface area contributed by atoms with Crippen LogP contribution in [-0.2, 0) is 6.42 Å². The molecule has 2 nitrogen and oxygen atoms in total. The first-order valence-electron chi connectivity index (χ1n) is 5.11. The van der Waals surface area contributed by atoms with Gasteiger partial charge in [0.05, 0.1) is 13.2 Å². The fourth-order valence-corrected chi connectivity index (χ4v) is 2.13. The van der Waals surface area contributed by atoms with Crippen molar-refractivity contribution in [3.05, 3.63) is 35.4 Å². The van der Waals surface area contributed by atoms with E-state index < -0.39 is 0 Å². The minimum Gasteiger partial charge on any atom is -0.496 e. The zero-order valence-corrected chi connectivity index (χ0v) is 8.79. The molecule has 0 aromatic heterocycles. The number of nitriles is 1. The number of hydrogen-bond acceptors (Lipinski definition) is 2. The number of fused-ring (bicyclic) bond motifs is 1. The summed E-state index contributed by atoms with van der Waals surface area (Å²) in [4.78, 5) is 0. The van der Waals surface area contributed by atoms with Crippen molar-refractivity contribution in [2.24, 2.45) is 0 Å². The molecule has 2 rings (SSSR count). The van der Waals surface area contributed by atoms with Gasteiger partial charge in [0.25, 0.3) is 0 Å². The molecule has 0 amide bonds. The molecule has 0 heterocycles. The van der Waals surface area contributed by atoms with Gasteiger partial charge in [-0.3, -0.25) is 0 Å². The summed E-state index contributed by atoms with van der Waals surface area (Å²) in [6, 6.07) is 8.14. The summed E-state index contributed by atoms with van der Waals surface area (Å²) in [5.41, 5.74) is 3.56. The molecule has 1 aromatic rings. The Labute approximate surface area is 89.8 Å². The predicted octanol–water partition coefficient (Wildman–Crippen LogP) is 2.94. The molecule has 0 aliphatic heterocycles. The lowest BCUT2D eigenvalue weighted by Gasteiger charge is -2.20. The highest BCUT2D eigenvalue weighted by atomic mass is 16.5. The van der Waals surface area contributed by atoms with Crippen LogP contribution in [0.5, 0.6) is 5.75 Å². The van der Waals surface area contributed by atoms with Crippen LogP contribution in [0.3, 0.4) is 0 Å². The number of hydrogen-bond donors (Lipinski definition) is 0. The molecule has 0 radical (unpaired) electrons. The van der Waals surface area contributed by atoms with Crippen molar-refractivity contribution in [3.63, 3.8) is 0 Å². The summed E-state index contributed by atoms with van der Waals surface area (Å²) in [6.07, 6.45) is 4.79. The molecule has 1 aliphatic carbocycles. The highest BCUT2D eigenvalue weighted by Gasteiger charge is 2.16. The van der Waals surface area contributed by atoms with E-state index in [0.717, 1.165) is 30.6 Å². The molecular weight excluding hydrogens is 186 g/mol. The number of methoxy groups -OCH3 is 1. The lowest BCUT2D eigenvalue weighted by Crippen LogP contribution is -2.03. The van der Waals surface area contributed by atoms with Gasteiger partial charge in [0.1, 0.15) is 5.75 Å². The SMILES string of the molecule is COc1cccc2c1CCC/C2=C\C#N. The van der Waals surface area contributed by atoms with Crippen molar-refractivity contribution >= 4 is 5.57 Å². The number of benzene rings is 1. The molecule has 2 heteroatoms. The van der Waals surface area contributed by atoms with Crippen molar-refractivity contribution in [3.8, 4) is 11.8 Å². The summed E-state index contributed by atoms with van der Waals surface area (Å²) >= 11 is 0. The molecule has 0 saturated heterocycles. The Kier molecular flexibility index (Phi) is 2.73. The monoisotopic (exact) mass is 199 g/mol. The zero-order valence-electron chi connectivity index (χ0n) is 8.79. The van der Waals surface area contributed by atoms with Gasteiger partial charge in [0.15, 0.2) is 0 Å². The van der Waals surface area contributed by atoms with Crippen LogP contribution >= 0.6 is 0 Å². The van der Waals surface area contributed by atoms with Gasteiger partial charge >= 0.3 is 0 Å². The van der Waals surface area contributed by atoms with E-state index in [9.17, 15) is 0 Å². The van der Waals surface area contributed by atoms with Crippen LogP contribution in [0.4, 0.5) is 0 Å². The second kappa shape index (κ2) is 4.18. The first-order valence-corrected chi connectivity index (χ1v) is 5.11. The van der Waals surface area contributed by atoms with Gasteiger partial charge in [0, 0.05) is 11.6 Å². The second-order valence-corrected chi connectivity index (χ2v) is 3.64. The van der Waals surface area contributed by atoms with E-state index in [-0.39, 0.29) is 0 Å². The number of nitrogens with zero attached hydrogens (tertiary/aromatic N) is 1. The largest absolute Gasteiger partial charge is 0.496 e. The first kappa shape index (κ1) is 9.79. The van der Waals surface area contributed by atoms with Gasteiger partial charge in [-0.25, -0.2) is 0 Å². The molecule has 0 unspecified atom stereocenters. The van der Waals surface area contributed by atoms with Crippen molar-refractivity contribution < 1.29 is 4.74 Å². The molecule has 76 valence electrons. The average Bonchev–Trinajstić information content (AvgIpc) is 2.29. The van der Waals surface area contributed by atoms with Crippen LogP contribution in [0.15, 0.2) is 24.3 Å². The van der Waals surface area contributed by atoms with Crippen molar-refractivity contribution in [2.75, 3.05) is 7.11 Å². The minimum atomic E-state index is 0.941. The summed E-state index contributed by atoms with van der Waals surface area (Å²) in [6.45, 7) is 0. The first-order chi connectivity index (χ1) is 7.36. The van der Waals surface area contributed by atoms with Crippen LogP contribution in [0.1, 0.15) is 24.0 Å². The summed E-state index contributed by atoms with van der Waals surface area (Å²) < 4.78 is 5.33. The third-order valence-electron chi connectivity index (χ3n) is 2.81. The predicted molar refractivity (Wildman–Crippen MR) is 59.5 cm³/mol. The number of rotatable bonds is 1. The molecule has 0 saturated carbocycles. The Hall–Kier alpha value is -1.75. The molecule has 0 spiro atoms. The molecular formula is C13H13NO. The van der Waals surface area contributed by atoms with E-state index >= 15 is 0 Å². The van der Waals surface area contributed by atoms with Crippen LogP contribution in [-0.4, -0.2) is 7.11 Å². The molecule has 0 fully saturated rings. The maximum Gasteiger partial charge on any atom is 0.122 e. The molecule has 0 atom stereocenters. The maximum absolute atomic E-state index is 8.71. The van der Waals surface area contributed by atoms with E-state index in [1.165, 1.54) is 11.1 Å². The maximum atomic E-state index is 8.71. The standard InChI is InChI=1S/C13H13NO/c1-15-13-7-3-5-11-10(8-9-14)4-2-6-12(11)13/h3,5,7-8H,2,4,6H2,1H3/b10-8+. The van der Waals surface area contributed by atoms with Gasteiger partial charge < -0.3 is 4.74 Å². The number of ether oxygens (including phenoxy) is 1. The van der Waals surface area contributed by atoms with Crippen molar-refractivity contribution in [2.45, 2.75) is 19.3 Å². The van der Waals surface area contributed by atoms with E-state index in [1.54, 1.807) is 13.2 Å². The van der Waals surface area contributed by atoms with Gasteiger partial charge in [-0.2, -0.15) is 5.26 Å². The van der Waals surface area contributed by atoms with Crippen LogP contribution < -0.4 is 4.74 Å². The smallest absolute Gasteiger partial charge is 0.122 e. The van der Waals surface area contributed by atoms with Gasteiger partial charge in [0.2, 0.25) is 0 Å². The Morgan fingerprint density at radius 2 is 2.27 bits per heavy atom. The molecule has 1 aliphatic rings. The van der Waals surface area contributed by atoms with E-state index in [0.29, 0.717) is 0 Å². The quantitative estimate of drug-likeness (QED) is 0.651. The zero-order chi connectivity index (χ0) is 10.7. The molecule has 0 bridgehead atoms. The normalized spacial score (nSPS) is 16.9. The highest BCUT2D eigenvalue weighted by molar-refractivity contribution is 5.73. The fourth-order valence-electron chi connectivity index (χ4n) is 2.13. The van der Waals surface area contributed by atoms with Crippen molar-refractivity contribution in [1.82, 2.24) is 0 Å². The van der Waals surface area contributed by atoms with Gasteiger partial charge in [-0.1, -0.05) is 12.1 Å². The molecule has 15 heavy (non-hydrogen) atoms. The van der Waals surface area contributed by atoms with Crippen molar-refractivity contribution in [1.29, 1.82) is 5.26 Å². The van der Waals surface area contributed by atoms with E-state index in [2.05, 4.69) is 12.1 Å². The van der Waals surface area contributed by atoms with Gasteiger partial charge in [-0.05, 0) is 36.5 Å². The minimum absolute atomic E-state index is 0.941. The van der Waals surface area contributed by atoms with Crippen LogP contribution in [0.25, 0.3) is 5.57 Å². The third kappa shape index (κ3) is 1.73. The van der Waals surface area contributed by atoms with E-state index in [1.807, 2.05) is 12.1 Å². The summed E-state index contributed by atoms with van der Waals surface area (Å²) in [7, 11) is 1.69. The Morgan fingerprint density at radius 1 is 1.40 bits per heavy atom.